The van der Waals surface area contributed by atoms with Gasteiger partial charge in [-0.15, -0.1) is 10.2 Å². The van der Waals surface area contributed by atoms with Gasteiger partial charge in [0.1, 0.15) is 17.7 Å². The van der Waals surface area contributed by atoms with Crippen molar-refractivity contribution in [3.8, 4) is 17.0 Å². The molecule has 8 heteroatoms. The van der Waals surface area contributed by atoms with Gasteiger partial charge in [-0.25, -0.2) is 14.4 Å². The highest BCUT2D eigenvalue weighted by Gasteiger charge is 2.47. The number of benzene rings is 1. The molecule has 166 valence electrons. The van der Waals surface area contributed by atoms with Crippen LogP contribution in [0.4, 0.5) is 4.39 Å². The van der Waals surface area contributed by atoms with Gasteiger partial charge in [0.05, 0.1) is 17.3 Å². The summed E-state index contributed by atoms with van der Waals surface area (Å²) in [4.78, 5) is 8.59. The number of halogens is 1. The van der Waals surface area contributed by atoms with E-state index in [1.807, 2.05) is 42.8 Å². The van der Waals surface area contributed by atoms with Crippen LogP contribution in [0.5, 0.6) is 5.75 Å². The monoisotopic (exact) mass is 434 g/mol. The second kappa shape index (κ2) is 6.93. The molecule has 0 amide bonds. The van der Waals surface area contributed by atoms with Crippen LogP contribution >= 0.6 is 0 Å². The fourth-order valence-electron chi connectivity index (χ4n) is 5.06. The quantitative estimate of drug-likeness (QED) is 0.483. The van der Waals surface area contributed by atoms with E-state index in [1.165, 1.54) is 0 Å². The Morgan fingerprint density at radius 1 is 1.12 bits per heavy atom. The minimum Gasteiger partial charge on any atom is -0.507 e. The fourth-order valence-corrected chi connectivity index (χ4v) is 5.06. The molecule has 0 bridgehead atoms. The average molecular weight is 435 g/mol. The Kier molecular flexibility index (Phi) is 4.50. The summed E-state index contributed by atoms with van der Waals surface area (Å²) < 4.78 is 17.4. The summed E-state index contributed by atoms with van der Waals surface area (Å²) in [6.07, 6.45) is 3.16. The number of aryl methyl sites for hydroxylation is 1. The van der Waals surface area contributed by atoms with E-state index in [4.69, 9.17) is 0 Å². The highest BCUT2D eigenvalue weighted by Crippen LogP contribution is 2.40. The highest BCUT2D eigenvalue weighted by molar-refractivity contribution is 5.89. The van der Waals surface area contributed by atoms with Crippen LogP contribution in [0.15, 0.2) is 36.7 Å². The van der Waals surface area contributed by atoms with Gasteiger partial charge in [-0.1, -0.05) is 0 Å². The van der Waals surface area contributed by atoms with Gasteiger partial charge in [0.25, 0.3) is 0 Å². The van der Waals surface area contributed by atoms with Crippen molar-refractivity contribution in [2.75, 3.05) is 0 Å². The molecule has 1 aliphatic rings. The van der Waals surface area contributed by atoms with Crippen molar-refractivity contribution in [2.24, 2.45) is 0 Å². The van der Waals surface area contributed by atoms with Crippen LogP contribution in [0.1, 0.15) is 46.0 Å². The molecule has 2 atom stereocenters. The molecular weight excluding hydrogens is 407 g/mol. The maximum Gasteiger partial charge on any atom is 0.162 e. The normalized spacial score (nSPS) is 22.4. The number of aromatic hydroxyl groups is 1. The molecule has 32 heavy (non-hydrogen) atoms. The number of aromatic nitrogens is 5. The number of rotatable bonds is 2. The summed E-state index contributed by atoms with van der Waals surface area (Å²) in [7, 11) is 0. The van der Waals surface area contributed by atoms with Crippen LogP contribution in [-0.4, -0.2) is 47.1 Å². The van der Waals surface area contributed by atoms with Gasteiger partial charge in [0.15, 0.2) is 5.65 Å². The molecule has 1 aromatic carbocycles. The van der Waals surface area contributed by atoms with E-state index in [2.05, 4.69) is 39.3 Å². The van der Waals surface area contributed by atoms with Crippen LogP contribution < -0.4 is 5.32 Å². The molecular formula is C24H27FN6O. The second-order valence-corrected chi connectivity index (χ2v) is 9.98. The van der Waals surface area contributed by atoms with Crippen molar-refractivity contribution in [1.82, 2.24) is 30.0 Å². The Bertz CT molecular complexity index is 1350. The van der Waals surface area contributed by atoms with E-state index in [-0.39, 0.29) is 17.3 Å². The third-order valence-electron chi connectivity index (χ3n) is 6.32. The SMILES string of the molecule is Cc1ncc2cc(-c3cc4ccn([C@H]5CC(C)(C)NC(C)(C)[C@H]5F)c4nn3)c(O)cc2n1. The smallest absolute Gasteiger partial charge is 0.162 e. The van der Waals surface area contributed by atoms with Gasteiger partial charge in [0.2, 0.25) is 0 Å². The van der Waals surface area contributed by atoms with Crippen molar-refractivity contribution in [1.29, 1.82) is 0 Å². The van der Waals surface area contributed by atoms with E-state index in [9.17, 15) is 5.11 Å². The van der Waals surface area contributed by atoms with Crippen molar-refractivity contribution in [3.63, 3.8) is 0 Å². The Balaban J connectivity index is 1.57. The van der Waals surface area contributed by atoms with Crippen molar-refractivity contribution in [3.05, 3.63) is 42.5 Å². The Hall–Kier alpha value is -3.13. The lowest BCUT2D eigenvalue weighted by Crippen LogP contribution is -2.64. The zero-order valence-electron chi connectivity index (χ0n) is 18.9. The van der Waals surface area contributed by atoms with Crippen LogP contribution in [-0.2, 0) is 0 Å². The molecule has 1 aliphatic heterocycles. The molecule has 2 N–H and O–H groups in total. The summed E-state index contributed by atoms with van der Waals surface area (Å²) in [5, 5.41) is 24.5. The summed E-state index contributed by atoms with van der Waals surface area (Å²) in [6, 6.07) is 6.87. The minimum atomic E-state index is -1.08. The number of phenols is 1. The largest absolute Gasteiger partial charge is 0.507 e. The first-order chi connectivity index (χ1) is 15.0. The number of hydrogen-bond donors (Lipinski definition) is 2. The number of phenolic OH excluding ortho intramolecular Hbond substituents is 1. The maximum atomic E-state index is 15.5. The van der Waals surface area contributed by atoms with E-state index in [0.29, 0.717) is 34.7 Å². The lowest BCUT2D eigenvalue weighted by atomic mass is 9.78. The maximum absolute atomic E-state index is 15.5. The van der Waals surface area contributed by atoms with Gasteiger partial charge < -0.3 is 15.0 Å². The molecule has 4 aromatic rings. The van der Waals surface area contributed by atoms with E-state index < -0.39 is 11.7 Å². The average Bonchev–Trinajstić information content (AvgIpc) is 3.12. The Labute approximate surface area is 185 Å². The Morgan fingerprint density at radius 3 is 2.69 bits per heavy atom. The molecule has 5 rings (SSSR count). The van der Waals surface area contributed by atoms with E-state index in [1.54, 1.807) is 19.2 Å². The van der Waals surface area contributed by atoms with Crippen LogP contribution in [0.2, 0.25) is 0 Å². The topological polar surface area (TPSA) is 88.8 Å². The molecule has 0 unspecified atom stereocenters. The standard InChI is InChI=1S/C24H27FN6O/c1-13-26-12-15-8-16(20(32)10-17(15)27-13)18-9-14-6-7-31(22(14)29-28-18)19-11-23(2,3)30-24(4,5)21(19)25/h6-10,12,19,21,30,32H,11H2,1-5H3/t19-,21-/m0/s1. The molecule has 1 saturated heterocycles. The lowest BCUT2D eigenvalue weighted by molar-refractivity contribution is 0.0313. The highest BCUT2D eigenvalue weighted by atomic mass is 19.1. The number of piperidine rings is 1. The molecule has 3 aromatic heterocycles. The Morgan fingerprint density at radius 2 is 1.91 bits per heavy atom. The van der Waals surface area contributed by atoms with Gasteiger partial charge in [-0.2, -0.15) is 0 Å². The minimum absolute atomic E-state index is 0.0781. The van der Waals surface area contributed by atoms with Crippen LogP contribution in [0, 0.1) is 6.92 Å². The molecule has 0 spiro atoms. The molecule has 4 heterocycles. The van der Waals surface area contributed by atoms with Gasteiger partial charge in [-0.3, -0.25) is 0 Å². The predicted octanol–water partition coefficient (Wildman–Crippen LogP) is 4.49. The van der Waals surface area contributed by atoms with Gasteiger partial charge in [-0.05, 0) is 59.2 Å². The first-order valence-corrected chi connectivity index (χ1v) is 10.8. The molecule has 0 saturated carbocycles. The summed E-state index contributed by atoms with van der Waals surface area (Å²) in [6.45, 7) is 9.79. The first-order valence-electron chi connectivity index (χ1n) is 10.8. The summed E-state index contributed by atoms with van der Waals surface area (Å²) in [5.41, 5.74) is 1.53. The van der Waals surface area contributed by atoms with Crippen molar-refractivity contribution >= 4 is 21.9 Å². The lowest BCUT2D eigenvalue weighted by Gasteiger charge is -2.49. The number of hydrogen-bond acceptors (Lipinski definition) is 6. The zero-order chi connectivity index (χ0) is 22.8. The van der Waals surface area contributed by atoms with E-state index in [0.717, 1.165) is 10.8 Å². The third kappa shape index (κ3) is 3.39. The first kappa shape index (κ1) is 20.8. The van der Waals surface area contributed by atoms with E-state index >= 15 is 4.39 Å². The number of nitrogens with zero attached hydrogens (tertiary/aromatic N) is 5. The number of nitrogens with one attached hydrogen (secondary N) is 1. The summed E-state index contributed by atoms with van der Waals surface area (Å²) in [5.74, 6) is 0.719. The number of alkyl halides is 1. The van der Waals surface area contributed by atoms with Gasteiger partial charge >= 0.3 is 0 Å². The van der Waals surface area contributed by atoms with Crippen LogP contribution in [0.3, 0.4) is 0 Å². The predicted molar refractivity (Wildman–Crippen MR) is 122 cm³/mol. The molecule has 0 aliphatic carbocycles. The van der Waals surface area contributed by atoms with Crippen LogP contribution in [0.25, 0.3) is 33.2 Å². The number of fused-ring (bicyclic) bond motifs is 2. The van der Waals surface area contributed by atoms with Gasteiger partial charge in [0, 0.05) is 45.9 Å². The molecule has 7 nitrogen and oxygen atoms in total. The fraction of sp³-hybridized carbons (Fsp3) is 0.417. The third-order valence-corrected chi connectivity index (χ3v) is 6.32. The summed E-state index contributed by atoms with van der Waals surface area (Å²) >= 11 is 0. The van der Waals surface area contributed by atoms with Crippen molar-refractivity contribution in [2.45, 2.75) is 64.3 Å². The second-order valence-electron chi connectivity index (χ2n) is 9.98. The zero-order valence-corrected chi connectivity index (χ0v) is 18.9. The molecule has 0 radical (unpaired) electrons. The molecule has 1 fully saturated rings. The van der Waals surface area contributed by atoms with Crippen molar-refractivity contribution < 1.29 is 9.50 Å².